The van der Waals surface area contributed by atoms with Crippen molar-refractivity contribution < 1.29 is 4.79 Å². The number of nitrogens with one attached hydrogen (secondary N) is 1. The lowest BCUT2D eigenvalue weighted by molar-refractivity contribution is 0.0880. The number of nitrogens with zero attached hydrogens (tertiary/aromatic N) is 2. The van der Waals surface area contributed by atoms with Gasteiger partial charge in [0.1, 0.15) is 0 Å². The summed E-state index contributed by atoms with van der Waals surface area (Å²) in [5.74, 6) is -0.0919. The van der Waals surface area contributed by atoms with Gasteiger partial charge in [-0.3, -0.25) is 9.69 Å². The minimum absolute atomic E-state index is 0.0919. The molecule has 1 aliphatic rings. The molecule has 0 bridgehead atoms. The number of piperazine rings is 1. The van der Waals surface area contributed by atoms with Crippen LogP contribution in [-0.4, -0.2) is 62.0 Å². The van der Waals surface area contributed by atoms with E-state index in [9.17, 15) is 4.79 Å². The first-order chi connectivity index (χ1) is 9.49. The second kappa shape index (κ2) is 6.56. The summed E-state index contributed by atoms with van der Waals surface area (Å²) in [5.41, 5.74) is 6.95. The third-order valence-electron chi connectivity index (χ3n) is 3.75. The summed E-state index contributed by atoms with van der Waals surface area (Å²) in [6.45, 7) is 3.70. The van der Waals surface area contributed by atoms with Crippen LogP contribution in [0.3, 0.4) is 0 Å². The fourth-order valence-electron chi connectivity index (χ4n) is 2.35. The molecule has 0 spiro atoms. The number of carbonyl (C=O) groups is 1. The maximum absolute atomic E-state index is 12.2. The lowest BCUT2D eigenvalue weighted by Crippen LogP contribution is -2.54. The van der Waals surface area contributed by atoms with E-state index in [0.717, 1.165) is 19.6 Å². The number of amides is 1. The number of benzene rings is 1. The lowest BCUT2D eigenvalue weighted by Gasteiger charge is -2.37. The number of halogens is 1. The molecular formula is C14H21BrN4O. The van der Waals surface area contributed by atoms with Crippen LogP contribution in [-0.2, 0) is 0 Å². The monoisotopic (exact) mass is 340 g/mol. The standard InChI is InChI=1S/C14H21BrN4O/c1-18-6-7-19(2)10(9-18)8-17-14(20)11-4-3-5-12(16)13(11)15/h3-5,10H,6-9,16H2,1-2H3,(H,17,20). The quantitative estimate of drug-likeness (QED) is 0.806. The molecule has 1 aliphatic heterocycles. The first-order valence-electron chi connectivity index (χ1n) is 6.70. The number of rotatable bonds is 3. The summed E-state index contributed by atoms with van der Waals surface area (Å²) in [4.78, 5) is 16.8. The third-order valence-corrected chi connectivity index (χ3v) is 4.64. The van der Waals surface area contributed by atoms with E-state index >= 15 is 0 Å². The molecular weight excluding hydrogens is 320 g/mol. The van der Waals surface area contributed by atoms with Crippen molar-refractivity contribution >= 4 is 27.5 Å². The molecule has 1 heterocycles. The molecule has 0 aromatic heterocycles. The lowest BCUT2D eigenvalue weighted by atomic mass is 10.1. The molecule has 1 fully saturated rings. The molecule has 0 aliphatic carbocycles. The predicted molar refractivity (Wildman–Crippen MR) is 84.8 cm³/mol. The number of likely N-dealkylation sites (N-methyl/N-ethyl adjacent to an activating group) is 2. The molecule has 1 aromatic carbocycles. The number of hydrogen-bond acceptors (Lipinski definition) is 4. The van der Waals surface area contributed by atoms with Crippen LogP contribution in [0.1, 0.15) is 10.4 Å². The number of nitrogen functional groups attached to an aromatic ring is 1. The van der Waals surface area contributed by atoms with Gasteiger partial charge in [-0.25, -0.2) is 0 Å². The summed E-state index contributed by atoms with van der Waals surface area (Å²) >= 11 is 3.36. The Kier molecular flexibility index (Phi) is 5.01. The van der Waals surface area contributed by atoms with E-state index in [1.54, 1.807) is 18.2 Å². The van der Waals surface area contributed by atoms with Crippen molar-refractivity contribution in [2.45, 2.75) is 6.04 Å². The smallest absolute Gasteiger partial charge is 0.252 e. The van der Waals surface area contributed by atoms with Gasteiger partial charge >= 0.3 is 0 Å². The zero-order valence-corrected chi connectivity index (χ0v) is 13.5. The second-order valence-electron chi connectivity index (χ2n) is 5.32. The van der Waals surface area contributed by atoms with Gasteiger partial charge < -0.3 is 16.0 Å². The Morgan fingerprint density at radius 1 is 1.45 bits per heavy atom. The van der Waals surface area contributed by atoms with E-state index in [4.69, 9.17) is 5.73 Å². The van der Waals surface area contributed by atoms with E-state index < -0.39 is 0 Å². The highest BCUT2D eigenvalue weighted by Crippen LogP contribution is 2.23. The maximum Gasteiger partial charge on any atom is 0.252 e. The SMILES string of the molecule is CN1CCN(C)C(CNC(=O)c2cccc(N)c2Br)C1. The van der Waals surface area contributed by atoms with Crippen LogP contribution in [0.2, 0.25) is 0 Å². The average molecular weight is 341 g/mol. The fourth-order valence-corrected chi connectivity index (χ4v) is 2.80. The van der Waals surface area contributed by atoms with Gasteiger partial charge in [0.25, 0.3) is 5.91 Å². The van der Waals surface area contributed by atoms with Crippen molar-refractivity contribution in [1.82, 2.24) is 15.1 Å². The Morgan fingerprint density at radius 2 is 2.20 bits per heavy atom. The third kappa shape index (κ3) is 3.50. The molecule has 1 unspecified atom stereocenters. The molecule has 20 heavy (non-hydrogen) atoms. The van der Waals surface area contributed by atoms with Gasteiger partial charge in [0.05, 0.1) is 10.0 Å². The second-order valence-corrected chi connectivity index (χ2v) is 6.11. The largest absolute Gasteiger partial charge is 0.398 e. The maximum atomic E-state index is 12.2. The van der Waals surface area contributed by atoms with Crippen molar-refractivity contribution in [3.8, 4) is 0 Å². The molecule has 0 radical (unpaired) electrons. The van der Waals surface area contributed by atoms with Crippen LogP contribution < -0.4 is 11.1 Å². The van der Waals surface area contributed by atoms with Crippen molar-refractivity contribution in [2.24, 2.45) is 0 Å². The van der Waals surface area contributed by atoms with Crippen LogP contribution in [0.4, 0.5) is 5.69 Å². The highest BCUT2D eigenvalue weighted by atomic mass is 79.9. The Morgan fingerprint density at radius 3 is 2.95 bits per heavy atom. The Labute approximate surface area is 128 Å². The van der Waals surface area contributed by atoms with Crippen molar-refractivity contribution in [2.75, 3.05) is 46.0 Å². The first kappa shape index (κ1) is 15.3. The number of anilines is 1. The summed E-state index contributed by atoms with van der Waals surface area (Å²) in [6.07, 6.45) is 0. The van der Waals surface area contributed by atoms with E-state index in [-0.39, 0.29) is 5.91 Å². The van der Waals surface area contributed by atoms with E-state index in [0.29, 0.717) is 28.3 Å². The van der Waals surface area contributed by atoms with Gasteiger partial charge in [0.2, 0.25) is 0 Å². The number of hydrogen-bond donors (Lipinski definition) is 2. The van der Waals surface area contributed by atoms with Gasteiger partial charge in [0, 0.05) is 37.9 Å². The zero-order valence-electron chi connectivity index (χ0n) is 11.9. The van der Waals surface area contributed by atoms with E-state index in [2.05, 4.69) is 45.1 Å². The van der Waals surface area contributed by atoms with Gasteiger partial charge in [-0.2, -0.15) is 0 Å². The van der Waals surface area contributed by atoms with Crippen molar-refractivity contribution in [3.05, 3.63) is 28.2 Å². The Hall–Kier alpha value is -1.11. The molecule has 5 nitrogen and oxygen atoms in total. The topological polar surface area (TPSA) is 61.6 Å². The highest BCUT2D eigenvalue weighted by molar-refractivity contribution is 9.10. The van der Waals surface area contributed by atoms with Crippen molar-refractivity contribution in [1.29, 1.82) is 0 Å². The minimum Gasteiger partial charge on any atom is -0.398 e. The fraction of sp³-hybridized carbons (Fsp3) is 0.500. The molecule has 1 saturated heterocycles. The Bertz CT molecular complexity index is 494. The Balaban J connectivity index is 1.96. The summed E-state index contributed by atoms with van der Waals surface area (Å²) in [5, 5.41) is 2.99. The highest BCUT2D eigenvalue weighted by Gasteiger charge is 2.23. The van der Waals surface area contributed by atoms with Gasteiger partial charge in [-0.1, -0.05) is 6.07 Å². The first-order valence-corrected chi connectivity index (χ1v) is 7.49. The summed E-state index contributed by atoms with van der Waals surface area (Å²) < 4.78 is 0.659. The normalized spacial score (nSPS) is 20.9. The molecule has 2 rings (SSSR count). The van der Waals surface area contributed by atoms with Crippen LogP contribution >= 0.6 is 15.9 Å². The number of nitrogens with two attached hydrogens (primary N) is 1. The van der Waals surface area contributed by atoms with Gasteiger partial charge in [0.15, 0.2) is 0 Å². The van der Waals surface area contributed by atoms with E-state index in [1.165, 1.54) is 0 Å². The van der Waals surface area contributed by atoms with Crippen LogP contribution in [0.15, 0.2) is 22.7 Å². The minimum atomic E-state index is -0.0919. The molecule has 6 heteroatoms. The zero-order chi connectivity index (χ0) is 14.7. The van der Waals surface area contributed by atoms with Gasteiger partial charge in [-0.05, 0) is 42.2 Å². The summed E-state index contributed by atoms with van der Waals surface area (Å²) in [6, 6.07) is 5.67. The molecule has 110 valence electrons. The molecule has 1 aromatic rings. The average Bonchev–Trinajstić information content (AvgIpc) is 2.42. The van der Waals surface area contributed by atoms with Crippen LogP contribution in [0, 0.1) is 0 Å². The van der Waals surface area contributed by atoms with Crippen LogP contribution in [0.5, 0.6) is 0 Å². The van der Waals surface area contributed by atoms with Gasteiger partial charge in [-0.15, -0.1) is 0 Å². The molecule has 1 amide bonds. The molecule has 1 atom stereocenters. The molecule has 3 N–H and O–H groups in total. The van der Waals surface area contributed by atoms with Crippen molar-refractivity contribution in [3.63, 3.8) is 0 Å². The van der Waals surface area contributed by atoms with E-state index in [1.807, 2.05) is 0 Å². The van der Waals surface area contributed by atoms with Crippen LogP contribution in [0.25, 0.3) is 0 Å². The molecule has 0 saturated carbocycles. The summed E-state index contributed by atoms with van der Waals surface area (Å²) in [7, 11) is 4.20. The predicted octanol–water partition coefficient (Wildman–Crippen LogP) is 1.01. The number of carbonyl (C=O) groups excluding carboxylic acids is 1.